The molecule has 0 aliphatic rings. The van der Waals surface area contributed by atoms with Gasteiger partial charge in [-0.25, -0.2) is 13.6 Å². The summed E-state index contributed by atoms with van der Waals surface area (Å²) in [5.74, 6) is 0. The van der Waals surface area contributed by atoms with E-state index in [1.807, 2.05) is 0 Å². The van der Waals surface area contributed by atoms with Gasteiger partial charge in [-0.1, -0.05) is 13.8 Å². The zero-order valence-electron chi connectivity index (χ0n) is 7.74. The van der Waals surface area contributed by atoms with Gasteiger partial charge < -0.3 is 5.11 Å². The summed E-state index contributed by atoms with van der Waals surface area (Å²) >= 11 is 0. The Morgan fingerprint density at radius 1 is 1.42 bits per heavy atom. The minimum Gasteiger partial charge on any atom is -0.389 e. The van der Waals surface area contributed by atoms with Crippen molar-refractivity contribution in [2.24, 2.45) is 5.14 Å². The molecule has 0 amide bonds. The molecule has 5 heteroatoms. The highest BCUT2D eigenvalue weighted by atomic mass is 32.2. The number of aliphatic hydroxyl groups is 1. The maximum absolute atomic E-state index is 10.9. The van der Waals surface area contributed by atoms with Gasteiger partial charge in [-0.05, 0) is 19.8 Å². The maximum atomic E-state index is 10.9. The van der Waals surface area contributed by atoms with E-state index in [0.717, 1.165) is 0 Å². The standard InChI is InChI=1S/C7H17NO3S/c1-4-7(9,5-2)6(3)12(8,10)11/h6,9H,4-5H2,1-3H3,(H2,8,10,11)/t6-/m1/s1. The van der Waals surface area contributed by atoms with E-state index in [-0.39, 0.29) is 0 Å². The number of hydrogen-bond acceptors (Lipinski definition) is 3. The summed E-state index contributed by atoms with van der Waals surface area (Å²) in [6.45, 7) is 4.92. The summed E-state index contributed by atoms with van der Waals surface area (Å²) in [6.07, 6.45) is 0.780. The van der Waals surface area contributed by atoms with Crippen LogP contribution in [0.5, 0.6) is 0 Å². The molecular formula is C7H17NO3S. The molecule has 0 aromatic heterocycles. The van der Waals surface area contributed by atoms with Crippen LogP contribution in [0, 0.1) is 0 Å². The lowest BCUT2D eigenvalue weighted by Crippen LogP contribution is -2.46. The highest BCUT2D eigenvalue weighted by molar-refractivity contribution is 7.89. The second-order valence-electron chi connectivity index (χ2n) is 3.04. The molecule has 0 heterocycles. The highest BCUT2D eigenvalue weighted by Crippen LogP contribution is 2.23. The van der Waals surface area contributed by atoms with Gasteiger partial charge in [0.2, 0.25) is 10.0 Å². The van der Waals surface area contributed by atoms with E-state index in [9.17, 15) is 13.5 Å². The molecule has 0 spiro atoms. The van der Waals surface area contributed by atoms with Crippen molar-refractivity contribution in [1.29, 1.82) is 0 Å². The Bertz CT molecular complexity index is 231. The Kier molecular flexibility index (Phi) is 3.68. The van der Waals surface area contributed by atoms with E-state index < -0.39 is 20.9 Å². The molecule has 0 saturated heterocycles. The molecule has 1 atom stereocenters. The maximum Gasteiger partial charge on any atom is 0.214 e. The average molecular weight is 195 g/mol. The molecule has 0 aromatic rings. The molecule has 0 fully saturated rings. The number of hydrogen-bond donors (Lipinski definition) is 2. The molecule has 0 aliphatic heterocycles. The first-order valence-electron chi connectivity index (χ1n) is 4.02. The summed E-state index contributed by atoms with van der Waals surface area (Å²) in [6, 6.07) is 0. The average Bonchev–Trinajstić information content (AvgIpc) is 2.00. The first-order chi connectivity index (χ1) is 5.28. The third kappa shape index (κ3) is 2.43. The monoisotopic (exact) mass is 195 g/mol. The number of primary sulfonamides is 1. The van der Waals surface area contributed by atoms with Crippen molar-refractivity contribution in [1.82, 2.24) is 0 Å². The van der Waals surface area contributed by atoms with Crippen LogP contribution in [0.15, 0.2) is 0 Å². The van der Waals surface area contributed by atoms with E-state index in [4.69, 9.17) is 5.14 Å². The van der Waals surface area contributed by atoms with Crippen molar-refractivity contribution in [3.63, 3.8) is 0 Å². The molecule has 4 nitrogen and oxygen atoms in total. The third-order valence-corrected chi connectivity index (χ3v) is 3.90. The Hall–Kier alpha value is -0.130. The van der Waals surface area contributed by atoms with Gasteiger partial charge in [-0.15, -0.1) is 0 Å². The fourth-order valence-electron chi connectivity index (χ4n) is 1.13. The largest absolute Gasteiger partial charge is 0.389 e. The third-order valence-electron chi connectivity index (χ3n) is 2.47. The van der Waals surface area contributed by atoms with Gasteiger partial charge in [0.05, 0.1) is 5.60 Å². The Morgan fingerprint density at radius 3 is 1.83 bits per heavy atom. The van der Waals surface area contributed by atoms with Crippen LogP contribution >= 0.6 is 0 Å². The van der Waals surface area contributed by atoms with Crippen molar-refractivity contribution in [3.05, 3.63) is 0 Å². The first-order valence-corrected chi connectivity index (χ1v) is 5.63. The highest BCUT2D eigenvalue weighted by Gasteiger charge is 2.36. The van der Waals surface area contributed by atoms with Gasteiger partial charge >= 0.3 is 0 Å². The molecule has 0 radical (unpaired) electrons. The van der Waals surface area contributed by atoms with Crippen LogP contribution in [0.2, 0.25) is 0 Å². The zero-order valence-corrected chi connectivity index (χ0v) is 8.56. The molecule has 0 rings (SSSR count). The van der Waals surface area contributed by atoms with Crippen LogP contribution in [0.4, 0.5) is 0 Å². The van der Waals surface area contributed by atoms with E-state index >= 15 is 0 Å². The lowest BCUT2D eigenvalue weighted by Gasteiger charge is -2.30. The van der Waals surface area contributed by atoms with Crippen LogP contribution in [-0.4, -0.2) is 24.4 Å². The van der Waals surface area contributed by atoms with Crippen LogP contribution < -0.4 is 5.14 Å². The lowest BCUT2D eigenvalue weighted by molar-refractivity contribution is 0.0318. The predicted octanol–water partition coefficient (Wildman–Crippen LogP) is 0.215. The van der Waals surface area contributed by atoms with Crippen molar-refractivity contribution in [2.45, 2.75) is 44.5 Å². The van der Waals surface area contributed by atoms with Gasteiger partial charge in [0.25, 0.3) is 0 Å². The summed E-state index contributed by atoms with van der Waals surface area (Å²) in [5.41, 5.74) is -1.19. The van der Waals surface area contributed by atoms with Crippen LogP contribution in [0.25, 0.3) is 0 Å². The van der Waals surface area contributed by atoms with Crippen molar-refractivity contribution in [2.75, 3.05) is 0 Å². The first kappa shape index (κ1) is 11.9. The van der Waals surface area contributed by atoms with E-state index in [2.05, 4.69) is 0 Å². The fraction of sp³-hybridized carbons (Fsp3) is 1.00. The number of sulfonamides is 1. The Labute approximate surface area is 73.8 Å². The Morgan fingerprint density at radius 2 is 1.75 bits per heavy atom. The molecule has 0 saturated carbocycles. The minimum atomic E-state index is -3.63. The van der Waals surface area contributed by atoms with E-state index in [0.29, 0.717) is 12.8 Å². The van der Waals surface area contributed by atoms with Gasteiger partial charge in [0, 0.05) is 0 Å². The van der Waals surface area contributed by atoms with Crippen LogP contribution in [-0.2, 0) is 10.0 Å². The van der Waals surface area contributed by atoms with Crippen LogP contribution in [0.3, 0.4) is 0 Å². The van der Waals surface area contributed by atoms with E-state index in [1.54, 1.807) is 13.8 Å². The summed E-state index contributed by atoms with van der Waals surface area (Å²) < 4.78 is 21.8. The SMILES string of the molecule is CCC(O)(CC)[C@@H](C)S(N)(=O)=O. The smallest absolute Gasteiger partial charge is 0.214 e. The lowest BCUT2D eigenvalue weighted by atomic mass is 9.94. The van der Waals surface area contributed by atoms with Crippen molar-refractivity contribution in [3.8, 4) is 0 Å². The summed E-state index contributed by atoms with van der Waals surface area (Å²) in [5, 5.41) is 13.8. The minimum absolute atomic E-state index is 0.390. The molecule has 0 aliphatic carbocycles. The predicted molar refractivity (Wildman–Crippen MR) is 48.1 cm³/mol. The molecule has 74 valence electrons. The molecule has 3 N–H and O–H groups in total. The normalized spacial score (nSPS) is 16.1. The number of rotatable bonds is 4. The second kappa shape index (κ2) is 3.72. The quantitative estimate of drug-likeness (QED) is 0.673. The van der Waals surface area contributed by atoms with Crippen LogP contribution in [0.1, 0.15) is 33.6 Å². The van der Waals surface area contributed by atoms with Crippen molar-refractivity contribution >= 4 is 10.0 Å². The van der Waals surface area contributed by atoms with Crippen molar-refractivity contribution < 1.29 is 13.5 Å². The molecule has 0 aromatic carbocycles. The molecule has 0 unspecified atom stereocenters. The van der Waals surface area contributed by atoms with Gasteiger partial charge in [0.1, 0.15) is 5.25 Å². The molecule has 12 heavy (non-hydrogen) atoms. The summed E-state index contributed by atoms with van der Waals surface area (Å²) in [4.78, 5) is 0. The zero-order chi connectivity index (χ0) is 9.99. The van der Waals surface area contributed by atoms with Gasteiger partial charge in [-0.3, -0.25) is 0 Å². The fourth-order valence-corrected chi connectivity index (χ4v) is 2.08. The van der Waals surface area contributed by atoms with Gasteiger partial charge in [0.15, 0.2) is 0 Å². The second-order valence-corrected chi connectivity index (χ2v) is 4.93. The summed E-state index contributed by atoms with van der Waals surface area (Å²) in [7, 11) is -3.63. The molecular weight excluding hydrogens is 178 g/mol. The topological polar surface area (TPSA) is 80.4 Å². The molecule has 0 bridgehead atoms. The van der Waals surface area contributed by atoms with Gasteiger partial charge in [-0.2, -0.15) is 0 Å². The Balaban J connectivity index is 4.77. The van der Waals surface area contributed by atoms with E-state index in [1.165, 1.54) is 6.92 Å². The number of nitrogens with two attached hydrogens (primary N) is 1.